The predicted molar refractivity (Wildman–Crippen MR) is 106 cm³/mol. The van der Waals surface area contributed by atoms with Crippen molar-refractivity contribution in [2.45, 2.75) is 26.7 Å². The van der Waals surface area contributed by atoms with E-state index in [1.54, 1.807) is 6.92 Å². The number of carboxylic acid groups (broad SMARTS) is 1. The standard InChI is InChI=1S/C8H8.C7H12O2.C6H8O4/c1-2-8-6-4-3-5-7-8;1-3-5-6-9-7(8)4-2;1-2-10-6(9)4-3-5(7)8/h2-7H,1H2;4H,2-3,5-6H2,1H3;3-4H,2H2,1H3,(H,7,8). The molecule has 0 bridgehead atoms. The second-order valence-electron chi connectivity index (χ2n) is 4.76. The van der Waals surface area contributed by atoms with Crippen LogP contribution in [0.25, 0.3) is 6.08 Å². The maximum Gasteiger partial charge on any atom is 0.330 e. The van der Waals surface area contributed by atoms with Crippen LogP contribution in [0.5, 0.6) is 0 Å². The molecule has 0 saturated heterocycles. The second kappa shape index (κ2) is 19.2. The van der Waals surface area contributed by atoms with Gasteiger partial charge < -0.3 is 14.6 Å². The van der Waals surface area contributed by atoms with Crippen LogP contribution in [0.15, 0.2) is 61.7 Å². The summed E-state index contributed by atoms with van der Waals surface area (Å²) in [6.07, 6.45) is 6.59. The molecule has 1 rings (SSSR count). The first-order chi connectivity index (χ1) is 12.9. The first-order valence-electron chi connectivity index (χ1n) is 8.45. The molecule has 0 unspecified atom stereocenters. The number of esters is 2. The van der Waals surface area contributed by atoms with Gasteiger partial charge in [-0.05, 0) is 18.9 Å². The summed E-state index contributed by atoms with van der Waals surface area (Å²) in [5.41, 5.74) is 1.17. The first kappa shape index (κ1) is 26.1. The minimum absolute atomic E-state index is 0.253. The number of rotatable bonds is 8. The van der Waals surface area contributed by atoms with Crippen LogP contribution in [-0.2, 0) is 23.9 Å². The lowest BCUT2D eigenvalue weighted by molar-refractivity contribution is -0.138. The van der Waals surface area contributed by atoms with Gasteiger partial charge in [0.2, 0.25) is 0 Å². The van der Waals surface area contributed by atoms with Gasteiger partial charge in [-0.2, -0.15) is 0 Å². The molecule has 0 atom stereocenters. The van der Waals surface area contributed by atoms with E-state index in [2.05, 4.69) is 22.6 Å². The molecule has 0 spiro atoms. The lowest BCUT2D eigenvalue weighted by Crippen LogP contribution is -2.00. The van der Waals surface area contributed by atoms with Gasteiger partial charge in [-0.15, -0.1) is 0 Å². The summed E-state index contributed by atoms with van der Waals surface area (Å²) in [5, 5.41) is 8.04. The van der Waals surface area contributed by atoms with Gasteiger partial charge in [0.1, 0.15) is 0 Å². The van der Waals surface area contributed by atoms with E-state index in [-0.39, 0.29) is 12.6 Å². The number of hydrogen-bond donors (Lipinski definition) is 1. The fourth-order valence-electron chi connectivity index (χ4n) is 1.29. The largest absolute Gasteiger partial charge is 0.478 e. The fraction of sp³-hybridized carbons (Fsp3) is 0.286. The van der Waals surface area contributed by atoms with E-state index in [4.69, 9.17) is 5.11 Å². The highest BCUT2D eigenvalue weighted by Crippen LogP contribution is 1.97. The van der Waals surface area contributed by atoms with Gasteiger partial charge in [-0.1, -0.05) is 62.9 Å². The van der Waals surface area contributed by atoms with E-state index in [1.807, 2.05) is 43.3 Å². The zero-order chi connectivity index (χ0) is 20.9. The average Bonchev–Trinajstić information content (AvgIpc) is 2.68. The molecule has 0 aliphatic carbocycles. The van der Waals surface area contributed by atoms with Crippen molar-refractivity contribution in [2.24, 2.45) is 0 Å². The summed E-state index contributed by atoms with van der Waals surface area (Å²) < 4.78 is 9.08. The van der Waals surface area contributed by atoms with Gasteiger partial charge in [-0.25, -0.2) is 14.4 Å². The van der Waals surface area contributed by atoms with Crippen LogP contribution in [-0.4, -0.2) is 36.2 Å². The third kappa shape index (κ3) is 20.8. The van der Waals surface area contributed by atoms with Crippen molar-refractivity contribution in [3.63, 3.8) is 0 Å². The number of unbranched alkanes of at least 4 members (excludes halogenated alkanes) is 1. The predicted octanol–water partition coefficient (Wildman–Crippen LogP) is 4.04. The summed E-state index contributed by atoms with van der Waals surface area (Å²) in [6, 6.07) is 10.0. The van der Waals surface area contributed by atoms with Crippen LogP contribution < -0.4 is 0 Å². The van der Waals surface area contributed by atoms with Crippen LogP contribution in [0.2, 0.25) is 0 Å². The van der Waals surface area contributed by atoms with Gasteiger partial charge >= 0.3 is 17.9 Å². The number of carbonyl (C=O) groups is 3. The fourth-order valence-corrected chi connectivity index (χ4v) is 1.29. The maximum atomic E-state index is 10.4. The smallest absolute Gasteiger partial charge is 0.330 e. The van der Waals surface area contributed by atoms with E-state index < -0.39 is 11.9 Å². The van der Waals surface area contributed by atoms with Crippen LogP contribution in [0.4, 0.5) is 0 Å². The molecule has 1 N–H and O–H groups in total. The Morgan fingerprint density at radius 2 is 1.63 bits per heavy atom. The topological polar surface area (TPSA) is 89.9 Å². The number of hydrogen-bond acceptors (Lipinski definition) is 5. The van der Waals surface area contributed by atoms with E-state index in [9.17, 15) is 14.4 Å². The second-order valence-corrected chi connectivity index (χ2v) is 4.76. The minimum Gasteiger partial charge on any atom is -0.478 e. The van der Waals surface area contributed by atoms with Crippen LogP contribution in [0.3, 0.4) is 0 Å². The molecule has 0 amide bonds. The van der Waals surface area contributed by atoms with Crippen molar-refractivity contribution >= 4 is 24.0 Å². The lowest BCUT2D eigenvalue weighted by Gasteiger charge is -1.97. The number of aliphatic carboxylic acids is 1. The van der Waals surface area contributed by atoms with Gasteiger partial charge in [0, 0.05) is 18.2 Å². The molecule has 0 fully saturated rings. The quantitative estimate of drug-likeness (QED) is 0.418. The Bertz CT molecular complexity index is 590. The number of carboxylic acids is 1. The van der Waals surface area contributed by atoms with Crippen molar-refractivity contribution in [3.05, 3.63) is 67.3 Å². The van der Waals surface area contributed by atoms with E-state index >= 15 is 0 Å². The van der Waals surface area contributed by atoms with Crippen molar-refractivity contribution in [3.8, 4) is 0 Å². The number of ether oxygens (including phenoxy) is 2. The van der Waals surface area contributed by atoms with Crippen LogP contribution in [0.1, 0.15) is 32.3 Å². The highest BCUT2D eigenvalue weighted by Gasteiger charge is 1.94. The molecule has 1 aromatic rings. The molecule has 0 aromatic heterocycles. The van der Waals surface area contributed by atoms with Gasteiger partial charge in [-0.3, -0.25) is 0 Å². The molecular formula is C21H28O6. The average molecular weight is 376 g/mol. The normalized spacial score (nSPS) is 8.96. The summed E-state index contributed by atoms with van der Waals surface area (Å²) in [6.45, 7) is 11.4. The van der Waals surface area contributed by atoms with Crippen LogP contribution in [0, 0.1) is 0 Å². The molecule has 27 heavy (non-hydrogen) atoms. The molecule has 0 aliphatic rings. The van der Waals surface area contributed by atoms with Gasteiger partial charge in [0.05, 0.1) is 13.2 Å². The van der Waals surface area contributed by atoms with Crippen molar-refractivity contribution in [1.29, 1.82) is 0 Å². The Hall–Kier alpha value is -3.15. The van der Waals surface area contributed by atoms with Crippen molar-refractivity contribution in [2.75, 3.05) is 13.2 Å². The Kier molecular flexibility index (Phi) is 18.5. The van der Waals surface area contributed by atoms with Gasteiger partial charge in [0.15, 0.2) is 0 Å². The monoisotopic (exact) mass is 376 g/mol. The Morgan fingerprint density at radius 1 is 1.00 bits per heavy atom. The molecule has 0 radical (unpaired) electrons. The zero-order valence-corrected chi connectivity index (χ0v) is 15.9. The van der Waals surface area contributed by atoms with Crippen molar-refractivity contribution in [1.82, 2.24) is 0 Å². The van der Waals surface area contributed by atoms with E-state index in [1.165, 1.54) is 11.6 Å². The molecule has 148 valence electrons. The molecular weight excluding hydrogens is 348 g/mol. The molecule has 0 aliphatic heterocycles. The Morgan fingerprint density at radius 3 is 2.04 bits per heavy atom. The van der Waals surface area contributed by atoms with E-state index in [0.717, 1.165) is 25.0 Å². The summed E-state index contributed by atoms with van der Waals surface area (Å²) in [4.78, 5) is 30.5. The third-order valence-electron chi connectivity index (χ3n) is 2.59. The maximum absolute atomic E-state index is 10.4. The SMILES string of the molecule is C=CC(=O)OCCCC.C=Cc1ccccc1.CCOC(=O)C=CC(=O)O. The molecule has 6 heteroatoms. The molecule has 6 nitrogen and oxygen atoms in total. The summed E-state index contributed by atoms with van der Waals surface area (Å²) in [5.74, 6) is -2.12. The zero-order valence-electron chi connectivity index (χ0n) is 15.9. The third-order valence-corrected chi connectivity index (χ3v) is 2.59. The lowest BCUT2D eigenvalue weighted by atomic mass is 10.2. The van der Waals surface area contributed by atoms with E-state index in [0.29, 0.717) is 6.61 Å². The van der Waals surface area contributed by atoms with Gasteiger partial charge in [0.25, 0.3) is 0 Å². The van der Waals surface area contributed by atoms with Crippen LogP contribution >= 0.6 is 0 Å². The van der Waals surface area contributed by atoms with Crippen molar-refractivity contribution < 1.29 is 29.0 Å². The number of benzene rings is 1. The highest BCUT2D eigenvalue weighted by molar-refractivity contribution is 5.90. The number of carbonyl (C=O) groups excluding carboxylic acids is 2. The molecule has 0 heterocycles. The minimum atomic E-state index is -1.16. The highest BCUT2D eigenvalue weighted by atomic mass is 16.5. The first-order valence-corrected chi connectivity index (χ1v) is 8.45. The molecule has 1 aromatic carbocycles. The summed E-state index contributed by atoms with van der Waals surface area (Å²) >= 11 is 0. The Balaban J connectivity index is 0. The Labute approximate surface area is 160 Å². The summed E-state index contributed by atoms with van der Waals surface area (Å²) in [7, 11) is 0. The molecule has 0 saturated carbocycles.